The van der Waals surface area contributed by atoms with Crippen LogP contribution in [0.2, 0.25) is 0 Å². The molecule has 11 heteroatoms. The van der Waals surface area contributed by atoms with Crippen molar-refractivity contribution in [1.82, 2.24) is 0 Å². The first-order valence-corrected chi connectivity index (χ1v) is 15.9. The fraction of sp³-hybridized carbons (Fsp3) is 1.00. The van der Waals surface area contributed by atoms with Gasteiger partial charge in [0.1, 0.15) is 0 Å². The van der Waals surface area contributed by atoms with Gasteiger partial charge in [-0.2, -0.15) is 0 Å². The van der Waals surface area contributed by atoms with Gasteiger partial charge in [0.05, 0.1) is 13.2 Å². The van der Waals surface area contributed by atoms with Crippen molar-refractivity contribution in [3.8, 4) is 0 Å². The Balaban J connectivity index is 4.07. The summed E-state index contributed by atoms with van der Waals surface area (Å²) in [6.45, 7) is 10.1. The summed E-state index contributed by atoms with van der Waals surface area (Å²) in [6, 6.07) is 0. The van der Waals surface area contributed by atoms with E-state index in [4.69, 9.17) is 28.8 Å². The van der Waals surface area contributed by atoms with E-state index in [1.54, 1.807) is 0 Å². The maximum Gasteiger partial charge on any atom is 0.469 e. The summed E-state index contributed by atoms with van der Waals surface area (Å²) in [7, 11) is -8.81. The van der Waals surface area contributed by atoms with Crippen LogP contribution in [0.5, 0.6) is 0 Å². The van der Waals surface area contributed by atoms with Gasteiger partial charge in [-0.3, -0.25) is 9.05 Å². The highest BCUT2D eigenvalue weighted by Gasteiger charge is 2.29. The standard InChI is InChI=1S/C23H50O9P2/c1-5-22(6-2,16-11-14-20-31-33(24,25)26)15-9-12-18-30-19-13-10-17-23(7-3,8-4)21-32-34(27,28)29/h5-21H2,1-4H3,(H2,24,25,26)(H2,27,28,29). The molecule has 0 aromatic rings. The van der Waals surface area contributed by atoms with E-state index in [1.165, 1.54) is 0 Å². The van der Waals surface area contributed by atoms with Crippen molar-refractivity contribution in [3.05, 3.63) is 0 Å². The van der Waals surface area contributed by atoms with Crippen LogP contribution in [-0.2, 0) is 22.9 Å². The second-order valence-corrected chi connectivity index (χ2v) is 12.0. The zero-order chi connectivity index (χ0) is 26.1. The summed E-state index contributed by atoms with van der Waals surface area (Å²) >= 11 is 0. The first-order valence-electron chi connectivity index (χ1n) is 12.8. The largest absolute Gasteiger partial charge is 0.469 e. The highest BCUT2D eigenvalue weighted by molar-refractivity contribution is 7.46. The maximum absolute atomic E-state index is 11.0. The van der Waals surface area contributed by atoms with Crippen LogP contribution in [0.15, 0.2) is 0 Å². The monoisotopic (exact) mass is 532 g/mol. The molecule has 0 saturated heterocycles. The molecule has 0 amide bonds. The molecule has 0 radical (unpaired) electrons. The average molecular weight is 533 g/mol. The summed E-state index contributed by atoms with van der Waals surface area (Å²) in [4.78, 5) is 35.5. The summed E-state index contributed by atoms with van der Waals surface area (Å²) in [5.74, 6) is 0. The number of phosphoric ester groups is 2. The Kier molecular flexibility index (Phi) is 17.7. The van der Waals surface area contributed by atoms with E-state index in [1.807, 2.05) is 13.8 Å². The molecule has 34 heavy (non-hydrogen) atoms. The Bertz CT molecular complexity index is 595. The Hall–Kier alpha value is 0.180. The van der Waals surface area contributed by atoms with Gasteiger partial charge in [-0.05, 0) is 62.2 Å². The Morgan fingerprint density at radius 2 is 0.941 bits per heavy atom. The molecule has 0 aromatic heterocycles. The molecule has 0 aliphatic heterocycles. The summed E-state index contributed by atoms with van der Waals surface area (Å²) in [5.41, 5.74) is 0.0632. The molecule has 206 valence electrons. The number of hydrogen-bond donors (Lipinski definition) is 4. The lowest BCUT2D eigenvalue weighted by molar-refractivity contribution is 0.0810. The molecule has 0 spiro atoms. The van der Waals surface area contributed by atoms with E-state index in [2.05, 4.69) is 18.4 Å². The molecule has 9 nitrogen and oxygen atoms in total. The zero-order valence-electron chi connectivity index (χ0n) is 21.7. The van der Waals surface area contributed by atoms with Crippen LogP contribution in [0.1, 0.15) is 111 Å². The molecule has 0 unspecified atom stereocenters. The third-order valence-electron chi connectivity index (χ3n) is 7.39. The van der Waals surface area contributed by atoms with Gasteiger partial charge >= 0.3 is 15.6 Å². The number of phosphoric acid groups is 2. The third kappa shape index (κ3) is 16.8. The van der Waals surface area contributed by atoms with Crippen molar-refractivity contribution in [1.29, 1.82) is 0 Å². The summed E-state index contributed by atoms with van der Waals surface area (Å²) < 4.78 is 36.9. The number of ether oxygens (including phenoxy) is 1. The molecule has 0 aromatic carbocycles. The van der Waals surface area contributed by atoms with Gasteiger partial charge in [-0.1, -0.05) is 59.8 Å². The van der Waals surface area contributed by atoms with Crippen LogP contribution < -0.4 is 0 Å². The van der Waals surface area contributed by atoms with Gasteiger partial charge < -0.3 is 24.3 Å². The lowest BCUT2D eigenvalue weighted by Gasteiger charge is -2.32. The number of hydrogen-bond acceptors (Lipinski definition) is 5. The highest BCUT2D eigenvalue weighted by Crippen LogP contribution is 2.42. The normalized spacial score (nSPS) is 13.5. The van der Waals surface area contributed by atoms with Crippen LogP contribution in [0.25, 0.3) is 0 Å². The minimum Gasteiger partial charge on any atom is -0.381 e. The number of rotatable bonds is 23. The molecular formula is C23H50O9P2. The van der Waals surface area contributed by atoms with Crippen molar-refractivity contribution in [2.24, 2.45) is 10.8 Å². The van der Waals surface area contributed by atoms with Crippen LogP contribution in [0, 0.1) is 10.8 Å². The lowest BCUT2D eigenvalue weighted by atomic mass is 9.74. The average Bonchev–Trinajstić information content (AvgIpc) is 2.77. The fourth-order valence-corrected chi connectivity index (χ4v) is 5.29. The zero-order valence-corrected chi connectivity index (χ0v) is 23.5. The van der Waals surface area contributed by atoms with Crippen molar-refractivity contribution < 1.29 is 42.5 Å². The molecule has 0 aliphatic carbocycles. The van der Waals surface area contributed by atoms with Gasteiger partial charge in [0.15, 0.2) is 0 Å². The van der Waals surface area contributed by atoms with Gasteiger partial charge in [0.2, 0.25) is 0 Å². The van der Waals surface area contributed by atoms with Crippen LogP contribution in [-0.4, -0.2) is 46.0 Å². The van der Waals surface area contributed by atoms with E-state index in [0.29, 0.717) is 13.0 Å². The fourth-order valence-electron chi connectivity index (χ4n) is 4.48. The summed E-state index contributed by atoms with van der Waals surface area (Å²) in [6.07, 6.45) is 12.3. The van der Waals surface area contributed by atoms with Crippen LogP contribution >= 0.6 is 15.6 Å². The second-order valence-electron chi connectivity index (χ2n) is 9.49. The van der Waals surface area contributed by atoms with Gasteiger partial charge in [-0.25, -0.2) is 9.13 Å². The predicted molar refractivity (Wildman–Crippen MR) is 134 cm³/mol. The van der Waals surface area contributed by atoms with E-state index in [0.717, 1.165) is 83.7 Å². The molecule has 0 bridgehead atoms. The topological polar surface area (TPSA) is 143 Å². The quantitative estimate of drug-likeness (QED) is 0.0875. The molecule has 0 aliphatic rings. The molecule has 0 rings (SSSR count). The Labute approximate surface area is 206 Å². The van der Waals surface area contributed by atoms with E-state index >= 15 is 0 Å². The van der Waals surface area contributed by atoms with Crippen LogP contribution in [0.4, 0.5) is 0 Å². The first-order chi connectivity index (χ1) is 15.9. The lowest BCUT2D eigenvalue weighted by Crippen LogP contribution is -2.25. The molecular weight excluding hydrogens is 482 g/mol. The Morgan fingerprint density at radius 1 is 0.559 bits per heavy atom. The van der Waals surface area contributed by atoms with Crippen molar-refractivity contribution in [2.45, 2.75) is 111 Å². The molecule has 0 fully saturated rings. The van der Waals surface area contributed by atoms with E-state index in [-0.39, 0.29) is 24.0 Å². The molecule has 0 saturated carbocycles. The predicted octanol–water partition coefficient (Wildman–Crippen LogP) is 6.35. The first kappa shape index (κ1) is 34.2. The number of unbranched alkanes of at least 4 members (excludes halogenated alkanes) is 3. The molecule has 0 atom stereocenters. The van der Waals surface area contributed by atoms with Gasteiger partial charge in [-0.15, -0.1) is 0 Å². The smallest absolute Gasteiger partial charge is 0.381 e. The highest BCUT2D eigenvalue weighted by atomic mass is 31.2. The van der Waals surface area contributed by atoms with Gasteiger partial charge in [0, 0.05) is 13.2 Å². The molecule has 4 N–H and O–H groups in total. The van der Waals surface area contributed by atoms with E-state index in [9.17, 15) is 9.13 Å². The van der Waals surface area contributed by atoms with Crippen molar-refractivity contribution >= 4 is 15.6 Å². The third-order valence-corrected chi connectivity index (χ3v) is 8.38. The van der Waals surface area contributed by atoms with Gasteiger partial charge in [0.25, 0.3) is 0 Å². The summed E-state index contributed by atoms with van der Waals surface area (Å²) in [5, 5.41) is 0. The van der Waals surface area contributed by atoms with Crippen molar-refractivity contribution in [2.75, 3.05) is 26.4 Å². The minimum absolute atomic E-state index is 0.0818. The maximum atomic E-state index is 11.0. The second kappa shape index (κ2) is 17.6. The SMILES string of the molecule is CCC(CC)(CCCCOCCCCC(CC)(CC)COP(=O)(O)O)CCCCOP(=O)(O)O. The Morgan fingerprint density at radius 3 is 1.32 bits per heavy atom. The molecule has 0 heterocycles. The van der Waals surface area contributed by atoms with Crippen molar-refractivity contribution in [3.63, 3.8) is 0 Å². The minimum atomic E-state index is -4.44. The van der Waals surface area contributed by atoms with E-state index < -0.39 is 15.6 Å². The van der Waals surface area contributed by atoms with Crippen LogP contribution in [0.3, 0.4) is 0 Å².